The number of aryl methyl sites for hydroxylation is 1. The Morgan fingerprint density at radius 2 is 1.28 bits per heavy atom. The minimum atomic E-state index is -0.693. The van der Waals surface area contributed by atoms with E-state index in [-0.39, 0.29) is 0 Å². The summed E-state index contributed by atoms with van der Waals surface area (Å²) >= 11 is 0. The van der Waals surface area contributed by atoms with Crippen LogP contribution in [0.2, 0.25) is 0 Å². The lowest BCUT2D eigenvalue weighted by molar-refractivity contribution is 0.715. The summed E-state index contributed by atoms with van der Waals surface area (Å²) in [6.45, 7) is 0. The van der Waals surface area contributed by atoms with Crippen molar-refractivity contribution in [2.24, 2.45) is 7.05 Å². The van der Waals surface area contributed by atoms with E-state index in [1.54, 1.807) is 4.68 Å². The summed E-state index contributed by atoms with van der Waals surface area (Å²) in [4.78, 5) is 0. The lowest BCUT2D eigenvalue weighted by Gasteiger charge is -2.21. The van der Waals surface area contributed by atoms with Gasteiger partial charge in [-0.1, -0.05) is 84.9 Å². The highest BCUT2D eigenvalue weighted by atomic mass is 31.1. The third-order valence-electron chi connectivity index (χ3n) is 4.03. The molecule has 0 amide bonds. The summed E-state index contributed by atoms with van der Waals surface area (Å²) in [7, 11) is 1.18. The number of benzene rings is 3. The number of hydrogen-bond acceptors (Lipinski definition) is 3. The van der Waals surface area contributed by atoms with Crippen molar-refractivity contribution in [3.8, 4) is 11.4 Å². The molecular weight excluding hydrogens is 327 g/mol. The minimum absolute atomic E-state index is 0.693. The zero-order chi connectivity index (χ0) is 17.1. The molecule has 0 unspecified atom stereocenters. The average Bonchev–Trinajstić information content (AvgIpc) is 3.10. The molecule has 0 aliphatic carbocycles. The topological polar surface area (TPSA) is 43.6 Å². The van der Waals surface area contributed by atoms with Crippen LogP contribution in [0.1, 0.15) is 0 Å². The van der Waals surface area contributed by atoms with Gasteiger partial charge >= 0.3 is 0 Å². The highest BCUT2D eigenvalue weighted by molar-refractivity contribution is 7.80. The van der Waals surface area contributed by atoms with E-state index in [9.17, 15) is 0 Å². The Labute approximate surface area is 147 Å². The lowest BCUT2D eigenvalue weighted by Crippen LogP contribution is -2.22. The van der Waals surface area contributed by atoms with Crippen LogP contribution in [0.3, 0.4) is 0 Å². The number of aromatic nitrogens is 4. The first kappa shape index (κ1) is 15.7. The fourth-order valence-corrected chi connectivity index (χ4v) is 5.34. The molecular formula is C20H17N4P. The predicted molar refractivity (Wildman–Crippen MR) is 103 cm³/mol. The fraction of sp³-hybridized carbons (Fsp3) is 0.0500. The highest BCUT2D eigenvalue weighted by Gasteiger charge is 2.21. The van der Waals surface area contributed by atoms with Crippen molar-refractivity contribution >= 4 is 23.8 Å². The Bertz CT molecular complexity index is 928. The molecule has 3 aromatic carbocycles. The van der Waals surface area contributed by atoms with Crippen molar-refractivity contribution in [1.29, 1.82) is 0 Å². The van der Waals surface area contributed by atoms with E-state index in [0.29, 0.717) is 0 Å². The van der Waals surface area contributed by atoms with Gasteiger partial charge in [0.05, 0.1) is 0 Å². The van der Waals surface area contributed by atoms with Crippen LogP contribution in [-0.4, -0.2) is 20.2 Å². The van der Waals surface area contributed by atoms with Gasteiger partial charge in [-0.05, 0) is 34.3 Å². The highest BCUT2D eigenvalue weighted by Crippen LogP contribution is 2.36. The first-order valence-electron chi connectivity index (χ1n) is 8.06. The Hall–Kier alpha value is -2.84. The maximum absolute atomic E-state index is 4.23. The quantitative estimate of drug-likeness (QED) is 0.535. The van der Waals surface area contributed by atoms with Crippen LogP contribution in [0.25, 0.3) is 11.4 Å². The van der Waals surface area contributed by atoms with Crippen LogP contribution in [-0.2, 0) is 7.05 Å². The summed E-state index contributed by atoms with van der Waals surface area (Å²) < 4.78 is 1.72. The average molecular weight is 344 g/mol. The molecule has 1 heterocycles. The van der Waals surface area contributed by atoms with Crippen molar-refractivity contribution in [1.82, 2.24) is 20.2 Å². The molecule has 5 heteroatoms. The maximum Gasteiger partial charge on any atom is 0.182 e. The van der Waals surface area contributed by atoms with E-state index in [1.165, 1.54) is 15.9 Å². The molecule has 0 saturated heterocycles. The van der Waals surface area contributed by atoms with Gasteiger partial charge in [-0.2, -0.15) is 0 Å². The van der Waals surface area contributed by atoms with Crippen molar-refractivity contribution in [3.63, 3.8) is 0 Å². The number of tetrazole rings is 1. The molecule has 0 atom stereocenters. The van der Waals surface area contributed by atoms with Gasteiger partial charge in [-0.3, -0.25) is 0 Å². The molecule has 0 spiro atoms. The van der Waals surface area contributed by atoms with E-state index in [1.807, 2.05) is 13.1 Å². The molecule has 25 heavy (non-hydrogen) atoms. The van der Waals surface area contributed by atoms with Crippen LogP contribution in [0.5, 0.6) is 0 Å². The summed E-state index contributed by atoms with van der Waals surface area (Å²) in [6.07, 6.45) is 0. The Morgan fingerprint density at radius 3 is 1.84 bits per heavy atom. The van der Waals surface area contributed by atoms with Gasteiger partial charge in [-0.15, -0.1) is 5.10 Å². The van der Waals surface area contributed by atoms with Crippen molar-refractivity contribution in [3.05, 3.63) is 84.9 Å². The van der Waals surface area contributed by atoms with E-state index < -0.39 is 7.92 Å². The van der Waals surface area contributed by atoms with Crippen LogP contribution < -0.4 is 15.9 Å². The number of rotatable bonds is 4. The molecule has 122 valence electrons. The normalized spacial score (nSPS) is 11.0. The van der Waals surface area contributed by atoms with Crippen molar-refractivity contribution in [2.45, 2.75) is 0 Å². The van der Waals surface area contributed by atoms with Crippen LogP contribution in [0.15, 0.2) is 84.9 Å². The molecule has 4 nitrogen and oxygen atoms in total. The summed E-state index contributed by atoms with van der Waals surface area (Å²) in [5.74, 6) is 0.787. The van der Waals surface area contributed by atoms with Gasteiger partial charge in [0, 0.05) is 12.6 Å². The molecule has 0 aliphatic heterocycles. The summed E-state index contributed by atoms with van der Waals surface area (Å²) in [5, 5.41) is 15.9. The van der Waals surface area contributed by atoms with Gasteiger partial charge in [0.15, 0.2) is 5.82 Å². The number of nitrogens with zero attached hydrogens (tertiary/aromatic N) is 4. The molecule has 0 saturated carbocycles. The molecule has 0 bridgehead atoms. The van der Waals surface area contributed by atoms with Crippen LogP contribution >= 0.6 is 7.92 Å². The maximum atomic E-state index is 4.23. The Balaban J connectivity index is 1.94. The second kappa shape index (κ2) is 6.96. The number of hydrogen-bond donors (Lipinski definition) is 0. The van der Waals surface area contributed by atoms with Gasteiger partial charge in [0.1, 0.15) is 0 Å². The molecule has 4 rings (SSSR count). The zero-order valence-corrected chi connectivity index (χ0v) is 14.7. The van der Waals surface area contributed by atoms with Gasteiger partial charge < -0.3 is 0 Å². The second-order valence-electron chi connectivity index (χ2n) is 5.65. The fourth-order valence-electron chi connectivity index (χ4n) is 2.90. The summed E-state index contributed by atoms with van der Waals surface area (Å²) in [6, 6.07) is 29.7. The van der Waals surface area contributed by atoms with E-state index in [4.69, 9.17) is 0 Å². The zero-order valence-electron chi connectivity index (χ0n) is 13.8. The monoisotopic (exact) mass is 344 g/mol. The van der Waals surface area contributed by atoms with Crippen LogP contribution in [0, 0.1) is 0 Å². The van der Waals surface area contributed by atoms with Gasteiger partial charge in [-0.25, -0.2) is 4.68 Å². The molecule has 0 N–H and O–H groups in total. The largest absolute Gasteiger partial charge is 0.229 e. The smallest absolute Gasteiger partial charge is 0.182 e. The van der Waals surface area contributed by atoms with Crippen LogP contribution in [0.4, 0.5) is 0 Å². The molecule has 0 radical (unpaired) electrons. The lowest BCUT2D eigenvalue weighted by atomic mass is 10.2. The van der Waals surface area contributed by atoms with Crippen molar-refractivity contribution in [2.75, 3.05) is 0 Å². The molecule has 1 aromatic heterocycles. The molecule has 0 aliphatic rings. The first-order valence-corrected chi connectivity index (χ1v) is 9.41. The SMILES string of the molecule is Cn1nnnc1-c1ccccc1P(c1ccccc1)c1ccccc1. The van der Waals surface area contributed by atoms with E-state index in [2.05, 4.69) is 94.4 Å². The third kappa shape index (κ3) is 3.09. The first-order chi connectivity index (χ1) is 12.3. The second-order valence-corrected chi connectivity index (χ2v) is 7.84. The molecule has 4 aromatic rings. The summed E-state index contributed by atoms with van der Waals surface area (Å²) in [5.41, 5.74) is 1.08. The third-order valence-corrected chi connectivity index (χ3v) is 6.54. The van der Waals surface area contributed by atoms with Gasteiger partial charge in [0.25, 0.3) is 0 Å². The standard InChI is InChI=1S/C20H17N4P/c1-24-20(21-22-23-24)18-14-8-9-15-19(18)25(16-10-4-2-5-11-16)17-12-6-3-7-13-17/h2-15H,1H3. The minimum Gasteiger partial charge on any atom is -0.229 e. The van der Waals surface area contributed by atoms with E-state index in [0.717, 1.165) is 11.4 Å². The Morgan fingerprint density at radius 1 is 0.720 bits per heavy atom. The van der Waals surface area contributed by atoms with E-state index >= 15 is 0 Å². The Kier molecular flexibility index (Phi) is 4.36. The van der Waals surface area contributed by atoms with Gasteiger partial charge in [0.2, 0.25) is 0 Å². The van der Waals surface area contributed by atoms with Crippen molar-refractivity contribution < 1.29 is 0 Å². The predicted octanol–water partition coefficient (Wildman–Crippen LogP) is 2.64. The molecule has 0 fully saturated rings.